The van der Waals surface area contributed by atoms with Gasteiger partial charge in [0.2, 0.25) is 0 Å². The van der Waals surface area contributed by atoms with Crippen molar-refractivity contribution in [2.75, 3.05) is 20.6 Å². The highest BCUT2D eigenvalue weighted by Crippen LogP contribution is 2.38. The van der Waals surface area contributed by atoms with Crippen molar-refractivity contribution in [1.82, 2.24) is 4.90 Å². The number of esters is 2. The first-order valence-corrected chi connectivity index (χ1v) is 9.43. The SMILES string of the molecule is C[C@H]1CCC/C=C\[C@@H]2C[C@H](OC(=O)CN(C)C)C[C@H]2[C@H](O)/C=C\C(=O)O1. The minimum absolute atomic E-state index is 0.0781. The Bertz CT molecular complexity index is 542. The third-order valence-corrected chi connectivity index (χ3v) is 4.91. The Morgan fingerprint density at radius 3 is 2.85 bits per heavy atom. The molecule has 2 aliphatic rings. The molecule has 0 saturated heterocycles. The number of allylic oxidation sites excluding steroid dienone is 2. The number of hydrogen-bond acceptors (Lipinski definition) is 6. The molecule has 146 valence electrons. The van der Waals surface area contributed by atoms with Crippen LogP contribution < -0.4 is 0 Å². The van der Waals surface area contributed by atoms with Crippen LogP contribution in [0.3, 0.4) is 0 Å². The Kier molecular flexibility index (Phi) is 7.85. The minimum atomic E-state index is -0.772. The van der Waals surface area contributed by atoms with Gasteiger partial charge in [-0.15, -0.1) is 0 Å². The molecule has 0 spiro atoms. The third-order valence-electron chi connectivity index (χ3n) is 4.91. The fourth-order valence-electron chi connectivity index (χ4n) is 3.66. The normalized spacial score (nSPS) is 35.4. The first kappa shape index (κ1) is 20.6. The van der Waals surface area contributed by atoms with E-state index in [0.29, 0.717) is 12.8 Å². The van der Waals surface area contributed by atoms with Gasteiger partial charge in [-0.2, -0.15) is 0 Å². The largest absolute Gasteiger partial charge is 0.461 e. The van der Waals surface area contributed by atoms with E-state index in [1.165, 1.54) is 12.2 Å². The molecule has 0 aromatic heterocycles. The van der Waals surface area contributed by atoms with Crippen molar-refractivity contribution in [3.8, 4) is 0 Å². The Hall–Kier alpha value is -1.66. The molecule has 0 aromatic carbocycles. The maximum atomic E-state index is 11.9. The molecular weight excluding hydrogens is 334 g/mol. The summed E-state index contributed by atoms with van der Waals surface area (Å²) in [5, 5.41) is 10.5. The zero-order valence-electron chi connectivity index (χ0n) is 16.0. The first-order chi connectivity index (χ1) is 12.3. The number of cyclic esters (lactones) is 1. The predicted octanol–water partition coefficient (Wildman–Crippen LogP) is 2.07. The van der Waals surface area contributed by atoms with E-state index in [1.807, 2.05) is 21.0 Å². The third kappa shape index (κ3) is 6.57. The monoisotopic (exact) mass is 365 g/mol. The van der Waals surface area contributed by atoms with Crippen molar-refractivity contribution >= 4 is 11.9 Å². The highest BCUT2D eigenvalue weighted by molar-refractivity contribution is 5.82. The molecule has 1 aliphatic carbocycles. The highest BCUT2D eigenvalue weighted by atomic mass is 16.5. The van der Waals surface area contributed by atoms with Crippen LogP contribution in [0.5, 0.6) is 0 Å². The van der Waals surface area contributed by atoms with E-state index in [-0.39, 0.29) is 36.6 Å². The zero-order valence-corrected chi connectivity index (χ0v) is 16.0. The van der Waals surface area contributed by atoms with E-state index < -0.39 is 12.1 Å². The van der Waals surface area contributed by atoms with Gasteiger partial charge in [0.05, 0.1) is 18.8 Å². The molecule has 0 aromatic rings. The van der Waals surface area contributed by atoms with Crippen LogP contribution in [0.4, 0.5) is 0 Å². The lowest BCUT2D eigenvalue weighted by molar-refractivity contribution is -0.149. The second kappa shape index (κ2) is 9.88. The van der Waals surface area contributed by atoms with E-state index in [1.54, 1.807) is 4.90 Å². The smallest absolute Gasteiger partial charge is 0.330 e. The molecule has 6 heteroatoms. The molecule has 0 amide bonds. The van der Waals surface area contributed by atoms with Crippen LogP contribution in [0.1, 0.15) is 39.0 Å². The van der Waals surface area contributed by atoms with Gasteiger partial charge in [0.25, 0.3) is 0 Å². The van der Waals surface area contributed by atoms with Crippen LogP contribution in [0.2, 0.25) is 0 Å². The number of carbonyl (C=O) groups excluding carboxylic acids is 2. The molecule has 1 aliphatic heterocycles. The van der Waals surface area contributed by atoms with E-state index in [2.05, 4.69) is 12.2 Å². The van der Waals surface area contributed by atoms with Gasteiger partial charge in [0.1, 0.15) is 6.10 Å². The van der Waals surface area contributed by atoms with Gasteiger partial charge < -0.3 is 14.6 Å². The molecule has 1 N–H and O–H groups in total. The van der Waals surface area contributed by atoms with Crippen LogP contribution in [0, 0.1) is 11.8 Å². The molecule has 26 heavy (non-hydrogen) atoms. The summed E-state index contributed by atoms with van der Waals surface area (Å²) in [7, 11) is 3.64. The van der Waals surface area contributed by atoms with Gasteiger partial charge in [-0.25, -0.2) is 4.79 Å². The Morgan fingerprint density at radius 1 is 1.35 bits per heavy atom. The summed E-state index contributed by atoms with van der Waals surface area (Å²) in [5.41, 5.74) is 0. The quantitative estimate of drug-likeness (QED) is 0.610. The molecule has 0 unspecified atom stereocenters. The average molecular weight is 365 g/mol. The van der Waals surface area contributed by atoms with Crippen molar-refractivity contribution in [1.29, 1.82) is 0 Å². The molecule has 5 atom stereocenters. The van der Waals surface area contributed by atoms with E-state index in [0.717, 1.165) is 19.3 Å². The lowest BCUT2D eigenvalue weighted by Crippen LogP contribution is -2.27. The van der Waals surface area contributed by atoms with E-state index >= 15 is 0 Å². The number of aliphatic hydroxyl groups is 1. The molecule has 1 fully saturated rings. The lowest BCUT2D eigenvalue weighted by atomic mass is 9.90. The molecule has 6 nitrogen and oxygen atoms in total. The summed E-state index contributed by atoms with van der Waals surface area (Å²) < 4.78 is 10.9. The Labute approximate surface area is 155 Å². The van der Waals surface area contributed by atoms with Gasteiger partial charge in [-0.3, -0.25) is 9.69 Å². The molecule has 0 radical (unpaired) electrons. The number of nitrogens with zero attached hydrogens (tertiary/aromatic N) is 1. The van der Waals surface area contributed by atoms with Crippen molar-refractivity contribution in [2.24, 2.45) is 11.8 Å². The van der Waals surface area contributed by atoms with Gasteiger partial charge in [-0.05, 0) is 71.0 Å². The summed E-state index contributed by atoms with van der Waals surface area (Å²) >= 11 is 0. The number of rotatable bonds is 3. The van der Waals surface area contributed by atoms with Gasteiger partial charge >= 0.3 is 11.9 Å². The molecule has 1 heterocycles. The van der Waals surface area contributed by atoms with Crippen molar-refractivity contribution < 1.29 is 24.2 Å². The topological polar surface area (TPSA) is 76.1 Å². The molecular formula is C20H31NO5. The Balaban J connectivity index is 2.05. The molecule has 2 rings (SSSR count). The van der Waals surface area contributed by atoms with Gasteiger partial charge in [0, 0.05) is 6.08 Å². The van der Waals surface area contributed by atoms with E-state index in [9.17, 15) is 14.7 Å². The maximum Gasteiger partial charge on any atom is 0.330 e. The van der Waals surface area contributed by atoms with Gasteiger partial charge in [0.15, 0.2) is 0 Å². The summed E-state index contributed by atoms with van der Waals surface area (Å²) in [6.45, 7) is 2.13. The Morgan fingerprint density at radius 2 is 2.12 bits per heavy atom. The van der Waals surface area contributed by atoms with Gasteiger partial charge in [-0.1, -0.05) is 12.2 Å². The maximum absolute atomic E-state index is 11.9. The van der Waals surface area contributed by atoms with Crippen molar-refractivity contribution in [3.05, 3.63) is 24.3 Å². The van der Waals surface area contributed by atoms with Crippen LogP contribution in [0.15, 0.2) is 24.3 Å². The fraction of sp³-hybridized carbons (Fsp3) is 0.700. The molecule has 1 saturated carbocycles. The predicted molar refractivity (Wildman–Crippen MR) is 98.3 cm³/mol. The van der Waals surface area contributed by atoms with Crippen molar-refractivity contribution in [3.63, 3.8) is 0 Å². The summed E-state index contributed by atoms with van der Waals surface area (Å²) in [6.07, 6.45) is 9.91. The minimum Gasteiger partial charge on any atom is -0.461 e. The van der Waals surface area contributed by atoms with Crippen LogP contribution in [0.25, 0.3) is 0 Å². The number of likely N-dealkylation sites (N-methyl/N-ethyl adjacent to an activating group) is 1. The number of ether oxygens (including phenoxy) is 2. The number of hydrogen-bond donors (Lipinski definition) is 1. The summed E-state index contributed by atoms with van der Waals surface area (Å²) in [4.78, 5) is 25.5. The number of aliphatic hydroxyl groups excluding tert-OH is 1. The van der Waals surface area contributed by atoms with Crippen LogP contribution in [-0.2, 0) is 19.1 Å². The molecule has 0 bridgehead atoms. The summed E-state index contributed by atoms with van der Waals surface area (Å²) in [5.74, 6) is -0.626. The summed E-state index contributed by atoms with van der Waals surface area (Å²) in [6, 6.07) is 0. The fourth-order valence-corrected chi connectivity index (χ4v) is 3.66. The first-order valence-electron chi connectivity index (χ1n) is 9.43. The average Bonchev–Trinajstić information content (AvgIpc) is 2.93. The van der Waals surface area contributed by atoms with Crippen LogP contribution >= 0.6 is 0 Å². The van der Waals surface area contributed by atoms with E-state index in [4.69, 9.17) is 9.47 Å². The highest BCUT2D eigenvalue weighted by Gasteiger charge is 2.38. The number of carbonyl (C=O) groups is 2. The second-order valence-electron chi connectivity index (χ2n) is 7.61. The lowest BCUT2D eigenvalue weighted by Gasteiger charge is -2.19. The standard InChI is InChI=1S/C20H31NO5/c1-14-7-5-4-6-8-15-11-16(26-20(24)13-21(2)3)12-17(15)18(22)9-10-19(23)25-14/h6,8-10,14-18,22H,4-5,7,11-13H2,1-3H3/b8-6-,10-9-/t14-,15+,16-,17+,18+/m0/s1. The second-order valence-corrected chi connectivity index (χ2v) is 7.61. The zero-order chi connectivity index (χ0) is 19.1. The van der Waals surface area contributed by atoms with Crippen LogP contribution in [-0.4, -0.2) is 60.9 Å². The van der Waals surface area contributed by atoms with Crippen molar-refractivity contribution in [2.45, 2.75) is 57.3 Å². The number of fused-ring (bicyclic) bond motifs is 1.